The second-order valence-electron chi connectivity index (χ2n) is 4.75. The van der Waals surface area contributed by atoms with E-state index in [0.29, 0.717) is 6.01 Å². The average Bonchev–Trinajstić information content (AvgIpc) is 2.97. The number of aromatic nitrogens is 4. The minimum absolute atomic E-state index is 0.627. The first-order chi connectivity index (χ1) is 9.86. The van der Waals surface area contributed by atoms with Crippen LogP contribution in [0, 0.1) is 0 Å². The zero-order valence-electron chi connectivity index (χ0n) is 11.6. The predicted molar refractivity (Wildman–Crippen MR) is 74.8 cm³/mol. The molecule has 3 heterocycles. The van der Waals surface area contributed by atoms with Crippen molar-refractivity contribution >= 4 is 12.0 Å². The third kappa shape index (κ3) is 2.71. The van der Waals surface area contributed by atoms with Crippen molar-refractivity contribution in [1.29, 1.82) is 0 Å². The standard InChI is InChI=1S/C13H18N6O/c1-2-4-11-16-17-13(20-11)19-9-7-18(8-10-19)12-14-5-3-6-15-12/h3,5-6H,2,4,7-10H2,1H3. The van der Waals surface area contributed by atoms with Crippen LogP contribution in [0.5, 0.6) is 0 Å². The van der Waals surface area contributed by atoms with Crippen LogP contribution in [0.15, 0.2) is 22.9 Å². The lowest BCUT2D eigenvalue weighted by atomic mass is 10.3. The number of hydrogen-bond acceptors (Lipinski definition) is 7. The monoisotopic (exact) mass is 274 g/mol. The van der Waals surface area contributed by atoms with Crippen molar-refractivity contribution in [3.63, 3.8) is 0 Å². The number of rotatable bonds is 4. The van der Waals surface area contributed by atoms with Gasteiger partial charge < -0.3 is 14.2 Å². The Hall–Kier alpha value is -2.18. The number of aryl methyl sites for hydroxylation is 1. The molecule has 2 aromatic heterocycles. The van der Waals surface area contributed by atoms with Crippen LogP contribution < -0.4 is 9.80 Å². The molecule has 0 radical (unpaired) electrons. The molecule has 0 bridgehead atoms. The van der Waals surface area contributed by atoms with E-state index in [1.807, 2.05) is 6.07 Å². The van der Waals surface area contributed by atoms with Crippen molar-refractivity contribution in [3.05, 3.63) is 24.4 Å². The minimum atomic E-state index is 0.627. The summed E-state index contributed by atoms with van der Waals surface area (Å²) >= 11 is 0. The van der Waals surface area contributed by atoms with E-state index in [0.717, 1.165) is 50.9 Å². The Kier molecular flexibility index (Phi) is 3.76. The average molecular weight is 274 g/mol. The molecule has 0 spiro atoms. The van der Waals surface area contributed by atoms with Gasteiger partial charge in [0.15, 0.2) is 0 Å². The molecular weight excluding hydrogens is 256 g/mol. The summed E-state index contributed by atoms with van der Waals surface area (Å²) in [6.45, 7) is 5.49. The van der Waals surface area contributed by atoms with E-state index in [1.165, 1.54) is 0 Å². The van der Waals surface area contributed by atoms with Crippen molar-refractivity contribution in [2.24, 2.45) is 0 Å². The summed E-state index contributed by atoms with van der Waals surface area (Å²) in [5.74, 6) is 1.50. The van der Waals surface area contributed by atoms with Gasteiger partial charge in [-0.05, 0) is 12.5 Å². The molecule has 0 unspecified atom stereocenters. The molecule has 0 N–H and O–H groups in total. The maximum absolute atomic E-state index is 5.66. The Morgan fingerprint density at radius 3 is 2.45 bits per heavy atom. The lowest BCUT2D eigenvalue weighted by Gasteiger charge is -2.33. The second-order valence-corrected chi connectivity index (χ2v) is 4.75. The van der Waals surface area contributed by atoms with Gasteiger partial charge in [-0.3, -0.25) is 0 Å². The molecule has 2 aromatic rings. The quantitative estimate of drug-likeness (QED) is 0.827. The molecule has 1 saturated heterocycles. The van der Waals surface area contributed by atoms with Gasteiger partial charge >= 0.3 is 6.01 Å². The first-order valence-electron chi connectivity index (χ1n) is 6.96. The van der Waals surface area contributed by atoms with E-state index < -0.39 is 0 Å². The molecule has 0 aromatic carbocycles. The van der Waals surface area contributed by atoms with Crippen LogP contribution in [0.4, 0.5) is 12.0 Å². The van der Waals surface area contributed by atoms with Gasteiger partial charge in [-0.15, -0.1) is 5.10 Å². The summed E-state index contributed by atoms with van der Waals surface area (Å²) in [4.78, 5) is 12.8. The predicted octanol–water partition coefficient (Wildman–Crippen LogP) is 1.14. The van der Waals surface area contributed by atoms with Gasteiger partial charge in [0.05, 0.1) is 0 Å². The number of nitrogens with zero attached hydrogens (tertiary/aromatic N) is 6. The van der Waals surface area contributed by atoms with E-state index in [9.17, 15) is 0 Å². The second kappa shape index (κ2) is 5.85. The van der Waals surface area contributed by atoms with Crippen LogP contribution in [0.2, 0.25) is 0 Å². The van der Waals surface area contributed by atoms with Crippen LogP contribution in [-0.2, 0) is 6.42 Å². The fourth-order valence-electron chi connectivity index (χ4n) is 2.24. The van der Waals surface area contributed by atoms with Crippen molar-refractivity contribution < 1.29 is 4.42 Å². The van der Waals surface area contributed by atoms with Gasteiger partial charge in [0.25, 0.3) is 0 Å². The smallest absolute Gasteiger partial charge is 0.318 e. The molecule has 1 aliphatic rings. The van der Waals surface area contributed by atoms with Gasteiger partial charge in [-0.1, -0.05) is 12.0 Å². The van der Waals surface area contributed by atoms with Crippen molar-refractivity contribution in [2.75, 3.05) is 36.0 Å². The third-order valence-corrected chi connectivity index (χ3v) is 3.31. The summed E-state index contributed by atoms with van der Waals surface area (Å²) in [7, 11) is 0. The molecule has 7 nitrogen and oxygen atoms in total. The van der Waals surface area contributed by atoms with Gasteiger partial charge in [0.2, 0.25) is 11.8 Å². The lowest BCUT2D eigenvalue weighted by molar-refractivity contribution is 0.471. The van der Waals surface area contributed by atoms with Gasteiger partial charge in [-0.25, -0.2) is 9.97 Å². The fourth-order valence-corrected chi connectivity index (χ4v) is 2.24. The highest BCUT2D eigenvalue weighted by molar-refractivity contribution is 5.35. The van der Waals surface area contributed by atoms with E-state index in [4.69, 9.17) is 4.42 Å². The SMILES string of the molecule is CCCc1nnc(N2CCN(c3ncccn3)CC2)o1. The Morgan fingerprint density at radius 2 is 1.75 bits per heavy atom. The molecule has 0 saturated carbocycles. The Morgan fingerprint density at radius 1 is 1.05 bits per heavy atom. The van der Waals surface area contributed by atoms with Gasteiger partial charge in [-0.2, -0.15) is 0 Å². The molecule has 0 atom stereocenters. The summed E-state index contributed by atoms with van der Waals surface area (Å²) in [6, 6.07) is 2.45. The van der Waals surface area contributed by atoms with E-state index in [-0.39, 0.29) is 0 Å². The number of piperazine rings is 1. The zero-order valence-corrected chi connectivity index (χ0v) is 11.6. The molecule has 20 heavy (non-hydrogen) atoms. The maximum Gasteiger partial charge on any atom is 0.318 e. The van der Waals surface area contributed by atoms with Crippen LogP contribution >= 0.6 is 0 Å². The molecule has 7 heteroatoms. The summed E-state index contributed by atoms with van der Waals surface area (Å²) < 4.78 is 5.66. The van der Waals surface area contributed by atoms with E-state index >= 15 is 0 Å². The first kappa shape index (κ1) is 12.8. The van der Waals surface area contributed by atoms with Crippen LogP contribution in [0.25, 0.3) is 0 Å². The summed E-state index contributed by atoms with van der Waals surface area (Å²) in [6.07, 6.45) is 5.39. The summed E-state index contributed by atoms with van der Waals surface area (Å²) in [5, 5.41) is 8.18. The van der Waals surface area contributed by atoms with Gasteiger partial charge in [0, 0.05) is 45.0 Å². The van der Waals surface area contributed by atoms with Gasteiger partial charge in [0.1, 0.15) is 0 Å². The molecule has 0 aliphatic carbocycles. The van der Waals surface area contributed by atoms with Crippen molar-refractivity contribution in [3.8, 4) is 0 Å². The zero-order chi connectivity index (χ0) is 13.8. The normalized spacial score (nSPS) is 15.7. The Balaban J connectivity index is 1.60. The minimum Gasteiger partial charge on any atom is -0.408 e. The number of anilines is 2. The Bertz CT molecular complexity index is 535. The molecule has 1 aliphatic heterocycles. The first-order valence-corrected chi connectivity index (χ1v) is 6.96. The van der Waals surface area contributed by atoms with Crippen molar-refractivity contribution in [1.82, 2.24) is 20.2 Å². The third-order valence-electron chi connectivity index (χ3n) is 3.31. The molecule has 3 rings (SSSR count). The summed E-state index contributed by atoms with van der Waals surface area (Å²) in [5.41, 5.74) is 0. The largest absolute Gasteiger partial charge is 0.408 e. The Labute approximate surface area is 117 Å². The van der Waals surface area contributed by atoms with Crippen LogP contribution in [0.3, 0.4) is 0 Å². The molecule has 106 valence electrons. The van der Waals surface area contributed by atoms with E-state index in [2.05, 4.69) is 36.9 Å². The highest BCUT2D eigenvalue weighted by atomic mass is 16.4. The highest BCUT2D eigenvalue weighted by Crippen LogP contribution is 2.17. The number of hydrogen-bond donors (Lipinski definition) is 0. The fraction of sp³-hybridized carbons (Fsp3) is 0.538. The topological polar surface area (TPSA) is 71.2 Å². The molecule has 1 fully saturated rings. The highest BCUT2D eigenvalue weighted by Gasteiger charge is 2.22. The molecule has 0 amide bonds. The van der Waals surface area contributed by atoms with Crippen LogP contribution in [0.1, 0.15) is 19.2 Å². The van der Waals surface area contributed by atoms with Crippen molar-refractivity contribution in [2.45, 2.75) is 19.8 Å². The lowest BCUT2D eigenvalue weighted by Crippen LogP contribution is -2.47. The maximum atomic E-state index is 5.66. The van der Waals surface area contributed by atoms with Crippen LogP contribution in [-0.4, -0.2) is 46.3 Å². The van der Waals surface area contributed by atoms with E-state index in [1.54, 1.807) is 12.4 Å². The molecular formula is C13H18N6O.